The Morgan fingerprint density at radius 2 is 1.89 bits per heavy atom. The molecule has 0 atom stereocenters. The first-order chi connectivity index (χ1) is 8.20. The molecule has 96 valence electrons. The molecule has 0 aliphatic heterocycles. The van der Waals surface area contributed by atoms with E-state index in [1.165, 1.54) is 0 Å². The second kappa shape index (κ2) is 6.64. The van der Waals surface area contributed by atoms with Crippen molar-refractivity contribution < 1.29 is 5.11 Å². The number of phenolic OH excluding ortho intramolecular Hbond substituents is 1. The van der Waals surface area contributed by atoms with Gasteiger partial charge in [0.25, 0.3) is 0 Å². The quantitative estimate of drug-likeness (QED) is 0.904. The minimum atomic E-state index is 0. The molecule has 2 rings (SSSR count). The average Bonchev–Trinajstić information content (AvgIpc) is 2.32. The lowest BCUT2D eigenvalue weighted by atomic mass is 10.0. The summed E-state index contributed by atoms with van der Waals surface area (Å²) in [6, 6.07) is 13.0. The van der Waals surface area contributed by atoms with Gasteiger partial charge in [0, 0.05) is 10.6 Å². The van der Waals surface area contributed by atoms with Crippen LogP contribution in [-0.2, 0) is 6.42 Å². The smallest absolute Gasteiger partial charge is 0.123 e. The summed E-state index contributed by atoms with van der Waals surface area (Å²) in [4.78, 5) is 0. The van der Waals surface area contributed by atoms with Crippen LogP contribution in [0.25, 0.3) is 11.1 Å². The summed E-state index contributed by atoms with van der Waals surface area (Å²) in [7, 11) is 0. The van der Waals surface area contributed by atoms with Crippen LogP contribution in [0.3, 0.4) is 0 Å². The van der Waals surface area contributed by atoms with E-state index in [2.05, 4.69) is 0 Å². The van der Waals surface area contributed by atoms with Crippen molar-refractivity contribution in [2.24, 2.45) is 5.73 Å². The Morgan fingerprint density at radius 3 is 2.56 bits per heavy atom. The Balaban J connectivity index is 0.00000162. The van der Waals surface area contributed by atoms with Crippen LogP contribution in [0.5, 0.6) is 5.75 Å². The molecule has 0 heterocycles. The molecule has 0 aromatic heterocycles. The van der Waals surface area contributed by atoms with E-state index in [0.717, 1.165) is 23.1 Å². The maximum absolute atomic E-state index is 9.87. The van der Waals surface area contributed by atoms with Gasteiger partial charge in [-0.25, -0.2) is 0 Å². The summed E-state index contributed by atoms with van der Waals surface area (Å²) >= 11 is 5.95. The van der Waals surface area contributed by atoms with Gasteiger partial charge in [0.1, 0.15) is 5.75 Å². The highest BCUT2D eigenvalue weighted by molar-refractivity contribution is 6.30. The molecule has 0 amide bonds. The Hall–Kier alpha value is -1.22. The standard InChI is InChI=1S/C14H14ClNO.ClH/c15-12-3-1-2-11(9-12)13-8-10(6-7-16)4-5-14(13)17;/h1-5,8-9,17H,6-7,16H2;1H. The molecule has 0 spiro atoms. The Bertz CT molecular complexity index is 529. The first-order valence-corrected chi connectivity index (χ1v) is 5.86. The van der Waals surface area contributed by atoms with E-state index in [4.69, 9.17) is 17.3 Å². The van der Waals surface area contributed by atoms with E-state index in [1.807, 2.05) is 36.4 Å². The summed E-state index contributed by atoms with van der Waals surface area (Å²) in [5.41, 5.74) is 8.34. The highest BCUT2D eigenvalue weighted by Gasteiger charge is 2.05. The number of hydrogen-bond donors (Lipinski definition) is 2. The number of nitrogens with two attached hydrogens (primary N) is 1. The molecule has 3 N–H and O–H groups in total. The van der Waals surface area contributed by atoms with Crippen LogP contribution in [0.1, 0.15) is 5.56 Å². The summed E-state index contributed by atoms with van der Waals surface area (Å²) in [5.74, 6) is 0.257. The van der Waals surface area contributed by atoms with Crippen molar-refractivity contribution in [3.8, 4) is 16.9 Å². The molecule has 18 heavy (non-hydrogen) atoms. The Kier molecular flexibility index (Phi) is 5.48. The molecule has 0 aliphatic rings. The van der Waals surface area contributed by atoms with Gasteiger partial charge in [0.05, 0.1) is 0 Å². The van der Waals surface area contributed by atoms with E-state index in [-0.39, 0.29) is 18.2 Å². The molecule has 0 aliphatic carbocycles. The summed E-state index contributed by atoms with van der Waals surface area (Å²) in [5, 5.41) is 10.5. The van der Waals surface area contributed by atoms with E-state index >= 15 is 0 Å². The highest BCUT2D eigenvalue weighted by Crippen LogP contribution is 2.31. The second-order valence-electron chi connectivity index (χ2n) is 3.90. The zero-order valence-corrected chi connectivity index (χ0v) is 11.3. The molecule has 0 unspecified atom stereocenters. The van der Waals surface area contributed by atoms with Crippen molar-refractivity contribution in [2.45, 2.75) is 6.42 Å². The van der Waals surface area contributed by atoms with Gasteiger partial charge in [-0.2, -0.15) is 0 Å². The molecule has 2 aromatic rings. The molecular weight excluding hydrogens is 269 g/mol. The molecule has 2 nitrogen and oxygen atoms in total. The molecule has 0 saturated heterocycles. The zero-order valence-electron chi connectivity index (χ0n) is 9.77. The number of halogens is 2. The van der Waals surface area contributed by atoms with E-state index < -0.39 is 0 Å². The minimum absolute atomic E-state index is 0. The maximum Gasteiger partial charge on any atom is 0.123 e. The van der Waals surface area contributed by atoms with Crippen LogP contribution >= 0.6 is 24.0 Å². The third-order valence-electron chi connectivity index (χ3n) is 2.63. The first kappa shape index (κ1) is 14.8. The lowest BCUT2D eigenvalue weighted by molar-refractivity contribution is 0.477. The zero-order chi connectivity index (χ0) is 12.3. The van der Waals surface area contributed by atoms with E-state index in [9.17, 15) is 5.11 Å². The van der Waals surface area contributed by atoms with Crippen molar-refractivity contribution in [3.05, 3.63) is 53.1 Å². The monoisotopic (exact) mass is 283 g/mol. The van der Waals surface area contributed by atoms with Crippen LogP contribution in [-0.4, -0.2) is 11.7 Å². The normalized spacial score (nSPS) is 9.89. The highest BCUT2D eigenvalue weighted by atomic mass is 35.5. The fourth-order valence-corrected chi connectivity index (χ4v) is 1.98. The fraction of sp³-hybridized carbons (Fsp3) is 0.143. The molecular formula is C14H15Cl2NO. The van der Waals surface area contributed by atoms with Crippen molar-refractivity contribution in [1.29, 1.82) is 0 Å². The number of benzene rings is 2. The third kappa shape index (κ3) is 3.39. The second-order valence-corrected chi connectivity index (χ2v) is 4.34. The van der Waals surface area contributed by atoms with E-state index in [1.54, 1.807) is 6.07 Å². The van der Waals surface area contributed by atoms with Gasteiger partial charge in [-0.05, 0) is 48.4 Å². The predicted molar refractivity (Wildman–Crippen MR) is 78.6 cm³/mol. The fourth-order valence-electron chi connectivity index (χ4n) is 1.79. The summed E-state index contributed by atoms with van der Waals surface area (Å²) in [6.45, 7) is 0.597. The largest absolute Gasteiger partial charge is 0.507 e. The van der Waals surface area contributed by atoms with Gasteiger partial charge in [-0.3, -0.25) is 0 Å². The SMILES string of the molecule is Cl.NCCc1ccc(O)c(-c2cccc(Cl)c2)c1. The molecule has 0 saturated carbocycles. The van der Waals surface area contributed by atoms with Gasteiger partial charge in [-0.1, -0.05) is 29.8 Å². The van der Waals surface area contributed by atoms with Gasteiger partial charge >= 0.3 is 0 Å². The van der Waals surface area contributed by atoms with Crippen LogP contribution < -0.4 is 5.73 Å². The van der Waals surface area contributed by atoms with Gasteiger partial charge in [0.15, 0.2) is 0 Å². The van der Waals surface area contributed by atoms with Crippen LogP contribution in [0.2, 0.25) is 5.02 Å². The third-order valence-corrected chi connectivity index (χ3v) is 2.86. The molecule has 2 aromatic carbocycles. The number of aromatic hydroxyl groups is 1. The van der Waals surface area contributed by atoms with Gasteiger partial charge < -0.3 is 10.8 Å². The van der Waals surface area contributed by atoms with Crippen LogP contribution in [0.4, 0.5) is 0 Å². The number of rotatable bonds is 3. The van der Waals surface area contributed by atoms with E-state index in [0.29, 0.717) is 11.6 Å². The van der Waals surface area contributed by atoms with Crippen LogP contribution in [0, 0.1) is 0 Å². The lowest BCUT2D eigenvalue weighted by Gasteiger charge is -2.08. The van der Waals surface area contributed by atoms with Crippen molar-refractivity contribution in [3.63, 3.8) is 0 Å². The number of hydrogen-bond acceptors (Lipinski definition) is 2. The maximum atomic E-state index is 9.87. The van der Waals surface area contributed by atoms with Crippen molar-refractivity contribution in [1.82, 2.24) is 0 Å². The Labute approximate surface area is 118 Å². The molecule has 0 radical (unpaired) electrons. The number of phenols is 1. The topological polar surface area (TPSA) is 46.2 Å². The molecule has 0 bridgehead atoms. The van der Waals surface area contributed by atoms with Gasteiger partial charge in [-0.15, -0.1) is 12.4 Å². The Morgan fingerprint density at radius 1 is 1.11 bits per heavy atom. The predicted octanol–water partition coefficient (Wildman–Crippen LogP) is 3.64. The first-order valence-electron chi connectivity index (χ1n) is 5.48. The van der Waals surface area contributed by atoms with Crippen molar-refractivity contribution in [2.75, 3.05) is 6.54 Å². The van der Waals surface area contributed by atoms with Crippen LogP contribution in [0.15, 0.2) is 42.5 Å². The summed E-state index contributed by atoms with van der Waals surface area (Å²) < 4.78 is 0. The minimum Gasteiger partial charge on any atom is -0.507 e. The van der Waals surface area contributed by atoms with Gasteiger partial charge in [0.2, 0.25) is 0 Å². The molecule has 0 fully saturated rings. The molecule has 4 heteroatoms. The summed E-state index contributed by atoms with van der Waals surface area (Å²) in [6.07, 6.45) is 0.799. The van der Waals surface area contributed by atoms with Crippen molar-refractivity contribution >= 4 is 24.0 Å². The lowest BCUT2D eigenvalue weighted by Crippen LogP contribution is -2.02. The average molecular weight is 284 g/mol.